The number of carboxylic acids is 1. The Balaban J connectivity index is 0. The molecule has 0 heterocycles. The Kier molecular flexibility index (Phi) is 15.2. The standard InChI is InChI=1S/C16H34O2.C10H20O2/c1-13(2,3)11-15(7,8)17-18-16(9,10)12-14(4,5)6;1-2-3-4-5-6-7-8-9-10(11)12/h11-12H2,1-10H3;2-9H2,1H3,(H,11,12). The second-order valence-corrected chi connectivity index (χ2v) is 12.4. The minimum Gasteiger partial charge on any atom is -0.481 e. The Morgan fingerprint density at radius 3 is 1.27 bits per heavy atom. The highest BCUT2D eigenvalue weighted by atomic mass is 17.2. The van der Waals surface area contributed by atoms with Gasteiger partial charge in [0.15, 0.2) is 0 Å². The van der Waals surface area contributed by atoms with Crippen molar-refractivity contribution in [1.29, 1.82) is 0 Å². The van der Waals surface area contributed by atoms with Crippen molar-refractivity contribution >= 4 is 5.97 Å². The Bertz CT molecular complexity index is 411. The third-order valence-corrected chi connectivity index (χ3v) is 4.40. The molecule has 0 radical (unpaired) electrons. The number of rotatable bonds is 13. The van der Waals surface area contributed by atoms with Gasteiger partial charge in [-0.15, -0.1) is 0 Å². The molecule has 0 atom stereocenters. The van der Waals surface area contributed by atoms with E-state index in [0.717, 1.165) is 25.7 Å². The van der Waals surface area contributed by atoms with Gasteiger partial charge in [-0.05, 0) is 57.8 Å². The number of hydrogen-bond donors (Lipinski definition) is 1. The summed E-state index contributed by atoms with van der Waals surface area (Å²) in [7, 11) is 0. The minimum atomic E-state index is -0.663. The molecule has 1 N–H and O–H groups in total. The van der Waals surface area contributed by atoms with Gasteiger partial charge in [0.2, 0.25) is 0 Å². The first-order valence-electron chi connectivity index (χ1n) is 12.0. The second kappa shape index (κ2) is 14.5. The number of carboxylic acid groups (broad SMARTS) is 1. The van der Waals surface area contributed by atoms with Crippen LogP contribution in [0.25, 0.3) is 0 Å². The first-order valence-corrected chi connectivity index (χ1v) is 12.0. The summed E-state index contributed by atoms with van der Waals surface area (Å²) in [5.41, 5.74) is -0.0388. The van der Waals surface area contributed by atoms with Crippen LogP contribution >= 0.6 is 0 Å². The van der Waals surface area contributed by atoms with Crippen LogP contribution in [0.1, 0.15) is 140 Å². The molecule has 0 fully saturated rings. The Morgan fingerprint density at radius 2 is 0.967 bits per heavy atom. The molecule has 4 nitrogen and oxygen atoms in total. The van der Waals surface area contributed by atoms with Crippen molar-refractivity contribution in [2.45, 2.75) is 152 Å². The van der Waals surface area contributed by atoms with Gasteiger partial charge in [-0.25, -0.2) is 9.78 Å². The molecule has 0 saturated heterocycles. The first-order chi connectivity index (χ1) is 13.4. The maximum atomic E-state index is 10.1. The van der Waals surface area contributed by atoms with E-state index < -0.39 is 5.97 Å². The van der Waals surface area contributed by atoms with Crippen LogP contribution < -0.4 is 0 Å². The third kappa shape index (κ3) is 25.4. The predicted octanol–water partition coefficient (Wildman–Crippen LogP) is 8.58. The van der Waals surface area contributed by atoms with Crippen molar-refractivity contribution in [3.63, 3.8) is 0 Å². The van der Waals surface area contributed by atoms with Gasteiger partial charge in [0.05, 0.1) is 11.2 Å². The Morgan fingerprint density at radius 1 is 0.633 bits per heavy atom. The monoisotopic (exact) mass is 430 g/mol. The third-order valence-electron chi connectivity index (χ3n) is 4.40. The van der Waals surface area contributed by atoms with Gasteiger partial charge in [-0.1, -0.05) is 87.0 Å². The van der Waals surface area contributed by atoms with E-state index in [4.69, 9.17) is 14.9 Å². The topological polar surface area (TPSA) is 55.8 Å². The molecule has 0 bridgehead atoms. The molecular formula is C26H54O4. The van der Waals surface area contributed by atoms with Gasteiger partial charge in [-0.3, -0.25) is 4.79 Å². The second-order valence-electron chi connectivity index (χ2n) is 12.4. The average Bonchev–Trinajstić information content (AvgIpc) is 2.48. The van der Waals surface area contributed by atoms with Crippen LogP contribution in [0.15, 0.2) is 0 Å². The zero-order valence-electron chi connectivity index (χ0n) is 22.2. The SMILES string of the molecule is CC(C)(C)CC(C)(C)OOC(C)(C)CC(C)(C)C.CCCCCCCCCC(=O)O. The zero-order valence-corrected chi connectivity index (χ0v) is 22.2. The molecule has 0 amide bonds. The smallest absolute Gasteiger partial charge is 0.303 e. The summed E-state index contributed by atoms with van der Waals surface area (Å²) in [6.07, 6.45) is 10.6. The van der Waals surface area contributed by atoms with Gasteiger partial charge in [0, 0.05) is 6.42 Å². The fourth-order valence-corrected chi connectivity index (χ4v) is 4.07. The van der Waals surface area contributed by atoms with Gasteiger partial charge < -0.3 is 5.11 Å². The molecule has 0 aliphatic carbocycles. The van der Waals surface area contributed by atoms with Crippen LogP contribution in [-0.4, -0.2) is 22.3 Å². The lowest BCUT2D eigenvalue weighted by molar-refractivity contribution is -0.407. The van der Waals surface area contributed by atoms with Crippen molar-refractivity contribution in [3.05, 3.63) is 0 Å². The van der Waals surface area contributed by atoms with Crippen LogP contribution in [-0.2, 0) is 14.6 Å². The number of carbonyl (C=O) groups is 1. The van der Waals surface area contributed by atoms with Crippen molar-refractivity contribution < 1.29 is 19.7 Å². The number of unbranched alkanes of at least 4 members (excludes halogenated alkanes) is 6. The predicted molar refractivity (Wildman–Crippen MR) is 129 cm³/mol. The Hall–Kier alpha value is -0.610. The lowest BCUT2D eigenvalue weighted by Gasteiger charge is -2.36. The molecule has 0 aliphatic rings. The van der Waals surface area contributed by atoms with E-state index in [1.165, 1.54) is 32.1 Å². The first kappa shape index (κ1) is 31.6. The summed E-state index contributed by atoms with van der Waals surface area (Å²) >= 11 is 0. The van der Waals surface area contributed by atoms with Crippen molar-refractivity contribution in [3.8, 4) is 0 Å². The van der Waals surface area contributed by atoms with E-state index in [-0.39, 0.29) is 22.0 Å². The summed E-state index contributed by atoms with van der Waals surface area (Å²) in [4.78, 5) is 21.6. The van der Waals surface area contributed by atoms with E-state index in [1.54, 1.807) is 0 Å². The molecule has 0 spiro atoms. The fraction of sp³-hybridized carbons (Fsp3) is 0.962. The summed E-state index contributed by atoms with van der Waals surface area (Å²) in [6.45, 7) is 23.9. The molecule has 4 heteroatoms. The highest BCUT2D eigenvalue weighted by molar-refractivity contribution is 5.66. The number of aliphatic carboxylic acids is 1. The maximum absolute atomic E-state index is 10.1. The van der Waals surface area contributed by atoms with Crippen molar-refractivity contribution in [1.82, 2.24) is 0 Å². The zero-order chi connectivity index (χ0) is 24.1. The molecule has 0 aromatic carbocycles. The lowest BCUT2D eigenvalue weighted by Crippen LogP contribution is -2.37. The van der Waals surface area contributed by atoms with Crippen LogP contribution in [0.5, 0.6) is 0 Å². The summed E-state index contributed by atoms with van der Waals surface area (Å²) < 4.78 is 0. The van der Waals surface area contributed by atoms with Crippen LogP contribution in [0.2, 0.25) is 0 Å². The fourth-order valence-electron chi connectivity index (χ4n) is 4.07. The molecule has 0 unspecified atom stereocenters. The van der Waals surface area contributed by atoms with Gasteiger partial charge in [0.25, 0.3) is 0 Å². The van der Waals surface area contributed by atoms with Crippen LogP contribution in [0.3, 0.4) is 0 Å². The van der Waals surface area contributed by atoms with Crippen LogP contribution in [0, 0.1) is 10.8 Å². The van der Waals surface area contributed by atoms with Gasteiger partial charge >= 0.3 is 5.97 Å². The van der Waals surface area contributed by atoms with Crippen molar-refractivity contribution in [2.24, 2.45) is 10.8 Å². The van der Waals surface area contributed by atoms with E-state index in [0.29, 0.717) is 6.42 Å². The minimum absolute atomic E-state index is 0.237. The highest BCUT2D eigenvalue weighted by Gasteiger charge is 2.32. The van der Waals surface area contributed by atoms with Gasteiger partial charge in [0.1, 0.15) is 0 Å². The van der Waals surface area contributed by atoms with Crippen LogP contribution in [0.4, 0.5) is 0 Å². The van der Waals surface area contributed by atoms with E-state index in [2.05, 4.69) is 76.2 Å². The lowest BCUT2D eigenvalue weighted by atomic mass is 9.83. The molecular weight excluding hydrogens is 376 g/mol. The summed E-state index contributed by atoms with van der Waals surface area (Å²) in [5.74, 6) is -0.663. The van der Waals surface area contributed by atoms with E-state index in [1.807, 2.05) is 0 Å². The molecule has 0 saturated carbocycles. The molecule has 30 heavy (non-hydrogen) atoms. The van der Waals surface area contributed by atoms with Gasteiger partial charge in [-0.2, -0.15) is 0 Å². The molecule has 182 valence electrons. The maximum Gasteiger partial charge on any atom is 0.303 e. The summed E-state index contributed by atoms with van der Waals surface area (Å²) in [6, 6.07) is 0. The van der Waals surface area contributed by atoms with Crippen molar-refractivity contribution in [2.75, 3.05) is 0 Å². The molecule has 0 aromatic rings. The molecule has 0 aromatic heterocycles. The average molecular weight is 431 g/mol. The van der Waals surface area contributed by atoms with E-state index >= 15 is 0 Å². The Labute approximate surface area is 188 Å². The number of hydrogen-bond acceptors (Lipinski definition) is 3. The molecule has 0 aliphatic heterocycles. The quantitative estimate of drug-likeness (QED) is 0.180. The molecule has 0 rings (SSSR count). The largest absolute Gasteiger partial charge is 0.481 e. The highest BCUT2D eigenvalue weighted by Crippen LogP contribution is 2.34. The summed E-state index contributed by atoms with van der Waals surface area (Å²) in [5, 5.41) is 8.35. The normalized spacial score (nSPS) is 13.0. The van der Waals surface area contributed by atoms with E-state index in [9.17, 15) is 4.79 Å².